The first kappa shape index (κ1) is 17.9. The number of urea groups is 1. The third kappa shape index (κ3) is 4.08. The summed E-state index contributed by atoms with van der Waals surface area (Å²) in [6.07, 6.45) is -1.16. The summed E-state index contributed by atoms with van der Waals surface area (Å²) in [4.78, 5) is 12.1. The Labute approximate surface area is 139 Å². The summed E-state index contributed by atoms with van der Waals surface area (Å²) in [5.41, 5.74) is 2.72. The van der Waals surface area contributed by atoms with Crippen LogP contribution in [0.4, 0.5) is 19.3 Å². The molecule has 0 fully saturated rings. The Hall–Kier alpha value is -2.47. The Morgan fingerprint density at radius 2 is 1.71 bits per heavy atom. The molecule has 0 aliphatic heterocycles. The lowest BCUT2D eigenvalue weighted by atomic mass is 10.0. The van der Waals surface area contributed by atoms with E-state index in [1.165, 1.54) is 6.07 Å². The topological polar surface area (TPSA) is 61.4 Å². The van der Waals surface area contributed by atoms with Crippen molar-refractivity contribution in [2.24, 2.45) is 0 Å². The van der Waals surface area contributed by atoms with Gasteiger partial charge in [-0.05, 0) is 49.6 Å². The third-order valence-corrected chi connectivity index (χ3v) is 3.84. The highest BCUT2D eigenvalue weighted by Crippen LogP contribution is 2.21. The van der Waals surface area contributed by atoms with E-state index < -0.39 is 29.8 Å². The van der Waals surface area contributed by atoms with Gasteiger partial charge in [0.05, 0.1) is 12.1 Å². The van der Waals surface area contributed by atoms with Gasteiger partial charge in [0.1, 0.15) is 0 Å². The molecule has 0 aliphatic carbocycles. The number of halogens is 2. The molecule has 2 rings (SSSR count). The predicted molar refractivity (Wildman–Crippen MR) is 88.9 cm³/mol. The second-order valence-corrected chi connectivity index (χ2v) is 5.77. The zero-order valence-electron chi connectivity index (χ0n) is 13.7. The molecule has 0 bridgehead atoms. The van der Waals surface area contributed by atoms with E-state index in [-0.39, 0.29) is 5.56 Å². The van der Waals surface area contributed by atoms with E-state index in [1.807, 2.05) is 32.0 Å². The number of aryl methyl sites for hydroxylation is 2. The van der Waals surface area contributed by atoms with Gasteiger partial charge in [-0.1, -0.05) is 24.3 Å². The minimum absolute atomic E-state index is 0.189. The van der Waals surface area contributed by atoms with Crippen LogP contribution in [0, 0.1) is 25.5 Å². The average molecular weight is 334 g/mol. The lowest BCUT2D eigenvalue weighted by molar-refractivity contribution is 0.138. The number of amides is 2. The SMILES string of the molecule is Cc1cccc(C)c1NC(=O)NC(C)C(O)c1ccc(F)c(F)c1. The van der Waals surface area contributed by atoms with Gasteiger partial charge in [-0.25, -0.2) is 13.6 Å². The predicted octanol–water partition coefficient (Wildman–Crippen LogP) is 3.83. The van der Waals surface area contributed by atoms with Crippen LogP contribution in [0.2, 0.25) is 0 Å². The van der Waals surface area contributed by atoms with Crippen LogP contribution < -0.4 is 10.6 Å². The summed E-state index contributed by atoms with van der Waals surface area (Å²) >= 11 is 0. The van der Waals surface area contributed by atoms with Crippen LogP contribution in [-0.4, -0.2) is 17.2 Å². The average Bonchev–Trinajstić information content (AvgIpc) is 2.53. The number of benzene rings is 2. The zero-order valence-corrected chi connectivity index (χ0v) is 13.7. The maximum absolute atomic E-state index is 13.3. The number of hydrogen-bond donors (Lipinski definition) is 3. The normalized spacial score (nSPS) is 13.2. The number of aliphatic hydroxyl groups is 1. The number of carbonyl (C=O) groups is 1. The Kier molecular flexibility index (Phi) is 5.51. The Bertz CT molecular complexity index is 730. The molecule has 2 aromatic carbocycles. The minimum Gasteiger partial charge on any atom is -0.386 e. The van der Waals surface area contributed by atoms with E-state index >= 15 is 0 Å². The van der Waals surface area contributed by atoms with Gasteiger partial charge < -0.3 is 15.7 Å². The van der Waals surface area contributed by atoms with Crippen molar-refractivity contribution in [2.45, 2.75) is 32.9 Å². The summed E-state index contributed by atoms with van der Waals surface area (Å²) in [5, 5.41) is 15.5. The molecule has 0 saturated heterocycles. The molecule has 4 nitrogen and oxygen atoms in total. The zero-order chi connectivity index (χ0) is 17.9. The molecule has 0 saturated carbocycles. The molecule has 2 unspecified atom stereocenters. The maximum Gasteiger partial charge on any atom is 0.319 e. The minimum atomic E-state index is -1.16. The van der Waals surface area contributed by atoms with Crippen LogP contribution in [0.1, 0.15) is 29.7 Å². The van der Waals surface area contributed by atoms with E-state index in [1.54, 1.807) is 6.92 Å². The monoisotopic (exact) mass is 334 g/mol. The Balaban J connectivity index is 2.04. The second-order valence-electron chi connectivity index (χ2n) is 5.77. The summed E-state index contributed by atoms with van der Waals surface area (Å²) < 4.78 is 26.2. The molecule has 0 spiro atoms. The summed E-state index contributed by atoms with van der Waals surface area (Å²) in [5.74, 6) is -2.03. The van der Waals surface area contributed by atoms with E-state index in [4.69, 9.17) is 0 Å². The van der Waals surface area contributed by atoms with Crippen molar-refractivity contribution in [2.75, 3.05) is 5.32 Å². The molecule has 128 valence electrons. The molecule has 3 N–H and O–H groups in total. The van der Waals surface area contributed by atoms with E-state index in [0.29, 0.717) is 5.69 Å². The van der Waals surface area contributed by atoms with Gasteiger partial charge in [0.15, 0.2) is 11.6 Å². The number of anilines is 1. The number of para-hydroxylation sites is 1. The van der Waals surface area contributed by atoms with Gasteiger partial charge in [-0.15, -0.1) is 0 Å². The number of rotatable bonds is 4. The quantitative estimate of drug-likeness (QED) is 0.796. The molecule has 2 aromatic rings. The van der Waals surface area contributed by atoms with Gasteiger partial charge in [0.25, 0.3) is 0 Å². The van der Waals surface area contributed by atoms with Crippen LogP contribution in [0.15, 0.2) is 36.4 Å². The highest BCUT2D eigenvalue weighted by molar-refractivity contribution is 5.91. The molecule has 24 heavy (non-hydrogen) atoms. The van der Waals surface area contributed by atoms with Crippen LogP contribution in [-0.2, 0) is 0 Å². The van der Waals surface area contributed by atoms with Crippen molar-refractivity contribution < 1.29 is 18.7 Å². The van der Waals surface area contributed by atoms with E-state index in [9.17, 15) is 18.7 Å². The van der Waals surface area contributed by atoms with Gasteiger partial charge >= 0.3 is 6.03 Å². The fraction of sp³-hybridized carbons (Fsp3) is 0.278. The van der Waals surface area contributed by atoms with Gasteiger partial charge in [0, 0.05) is 5.69 Å². The molecule has 6 heteroatoms. The highest BCUT2D eigenvalue weighted by atomic mass is 19.2. The Morgan fingerprint density at radius 3 is 2.29 bits per heavy atom. The van der Waals surface area contributed by atoms with Crippen molar-refractivity contribution in [3.8, 4) is 0 Å². The summed E-state index contributed by atoms with van der Waals surface area (Å²) in [6, 6.07) is 7.61. The van der Waals surface area contributed by atoms with Gasteiger partial charge in [-0.3, -0.25) is 0 Å². The second kappa shape index (κ2) is 7.40. The maximum atomic E-state index is 13.3. The highest BCUT2D eigenvalue weighted by Gasteiger charge is 2.20. The molecule has 0 aliphatic rings. The smallest absolute Gasteiger partial charge is 0.319 e. The van der Waals surface area contributed by atoms with E-state index in [0.717, 1.165) is 23.3 Å². The number of aliphatic hydroxyl groups excluding tert-OH is 1. The first-order valence-corrected chi connectivity index (χ1v) is 7.56. The standard InChI is InChI=1S/C18H20F2N2O2/c1-10-5-4-6-11(2)16(10)22-18(24)21-12(3)17(23)13-7-8-14(19)15(20)9-13/h4-9,12,17,23H,1-3H3,(H2,21,22,24). The molecule has 0 aromatic heterocycles. The lowest BCUT2D eigenvalue weighted by Gasteiger charge is -2.21. The van der Waals surface area contributed by atoms with Crippen molar-refractivity contribution in [3.05, 3.63) is 64.7 Å². The molecular formula is C18H20F2N2O2. The van der Waals surface area contributed by atoms with Crippen molar-refractivity contribution in [1.82, 2.24) is 5.32 Å². The molecular weight excluding hydrogens is 314 g/mol. The molecule has 2 amide bonds. The van der Waals surface area contributed by atoms with Gasteiger partial charge in [-0.2, -0.15) is 0 Å². The van der Waals surface area contributed by atoms with Crippen molar-refractivity contribution in [3.63, 3.8) is 0 Å². The van der Waals surface area contributed by atoms with Crippen LogP contribution in [0.25, 0.3) is 0 Å². The first-order chi connectivity index (χ1) is 11.3. The summed E-state index contributed by atoms with van der Waals surface area (Å²) in [6.45, 7) is 5.33. The van der Waals surface area contributed by atoms with Crippen LogP contribution >= 0.6 is 0 Å². The first-order valence-electron chi connectivity index (χ1n) is 7.56. The van der Waals surface area contributed by atoms with Gasteiger partial charge in [0.2, 0.25) is 0 Å². The fourth-order valence-corrected chi connectivity index (χ4v) is 2.43. The lowest BCUT2D eigenvalue weighted by Crippen LogP contribution is -2.40. The summed E-state index contributed by atoms with van der Waals surface area (Å²) in [7, 11) is 0. The van der Waals surface area contributed by atoms with Crippen molar-refractivity contribution >= 4 is 11.7 Å². The number of hydrogen-bond acceptors (Lipinski definition) is 2. The molecule has 2 atom stereocenters. The largest absolute Gasteiger partial charge is 0.386 e. The number of nitrogens with one attached hydrogen (secondary N) is 2. The van der Waals surface area contributed by atoms with Crippen LogP contribution in [0.5, 0.6) is 0 Å². The van der Waals surface area contributed by atoms with Crippen molar-refractivity contribution in [1.29, 1.82) is 0 Å². The van der Waals surface area contributed by atoms with Crippen LogP contribution in [0.3, 0.4) is 0 Å². The van der Waals surface area contributed by atoms with E-state index in [2.05, 4.69) is 10.6 Å². The number of carbonyl (C=O) groups excluding carboxylic acids is 1. The third-order valence-electron chi connectivity index (χ3n) is 3.84. The fourth-order valence-electron chi connectivity index (χ4n) is 2.43. The Morgan fingerprint density at radius 1 is 1.08 bits per heavy atom. The molecule has 0 heterocycles. The molecule has 0 radical (unpaired) electrons.